The Labute approximate surface area is 114 Å². The number of nitrogens with zero attached hydrogens (tertiary/aromatic N) is 1. The molecule has 0 unspecified atom stereocenters. The molecule has 0 radical (unpaired) electrons. The molecule has 0 fully saturated rings. The smallest absolute Gasteiger partial charge is 0.168 e. The summed E-state index contributed by atoms with van der Waals surface area (Å²) < 4.78 is 5.09. The highest BCUT2D eigenvalue weighted by Crippen LogP contribution is 2.36. The fourth-order valence-electron chi connectivity index (χ4n) is 2.00. The molecule has 96 valence electrons. The third-order valence-electron chi connectivity index (χ3n) is 2.94. The highest BCUT2D eigenvalue weighted by atomic mass is 35.5. The van der Waals surface area contributed by atoms with Gasteiger partial charge in [0.15, 0.2) is 11.5 Å². The van der Waals surface area contributed by atoms with Gasteiger partial charge in [0.2, 0.25) is 0 Å². The van der Waals surface area contributed by atoms with Crippen molar-refractivity contribution < 1.29 is 9.84 Å². The zero-order chi connectivity index (χ0) is 13.4. The lowest BCUT2D eigenvalue weighted by atomic mass is 10.2. The van der Waals surface area contributed by atoms with Gasteiger partial charge in [0, 0.05) is 0 Å². The molecule has 3 rings (SSSR count). The average Bonchev–Trinajstić information content (AvgIpc) is 2.84. The molecule has 0 saturated carbocycles. The number of para-hydroxylation sites is 2. The van der Waals surface area contributed by atoms with Crippen LogP contribution in [-0.2, 0) is 0 Å². The number of ether oxygens (including phenoxy) is 1. The van der Waals surface area contributed by atoms with Crippen LogP contribution in [0.3, 0.4) is 0 Å². The Morgan fingerprint density at radius 2 is 2.00 bits per heavy atom. The van der Waals surface area contributed by atoms with Gasteiger partial charge in [-0.15, -0.1) is 0 Å². The molecule has 0 amide bonds. The van der Waals surface area contributed by atoms with Crippen LogP contribution in [0, 0.1) is 0 Å². The summed E-state index contributed by atoms with van der Waals surface area (Å²) in [5, 5.41) is 10.7. The summed E-state index contributed by atoms with van der Waals surface area (Å²) in [6, 6.07) is 10.8. The van der Waals surface area contributed by atoms with E-state index in [1.807, 2.05) is 12.1 Å². The number of nitrogens with one attached hydrogen (secondary N) is 1. The van der Waals surface area contributed by atoms with Crippen molar-refractivity contribution >= 4 is 22.6 Å². The Kier molecular flexibility index (Phi) is 2.80. The quantitative estimate of drug-likeness (QED) is 0.751. The first-order valence-corrected chi connectivity index (χ1v) is 6.09. The number of aromatic hydroxyl groups is 1. The number of imidazole rings is 1. The predicted octanol–water partition coefficient (Wildman–Crippen LogP) is 3.60. The van der Waals surface area contributed by atoms with Crippen LogP contribution < -0.4 is 4.74 Å². The molecular formula is C14H11ClN2O2. The summed E-state index contributed by atoms with van der Waals surface area (Å²) in [7, 11) is 1.51. The van der Waals surface area contributed by atoms with Crippen LogP contribution >= 0.6 is 11.6 Å². The Hall–Kier alpha value is -2.20. The van der Waals surface area contributed by atoms with Gasteiger partial charge < -0.3 is 14.8 Å². The normalized spacial score (nSPS) is 10.8. The van der Waals surface area contributed by atoms with Crippen LogP contribution in [-0.4, -0.2) is 22.2 Å². The Balaban J connectivity index is 2.22. The lowest BCUT2D eigenvalue weighted by Crippen LogP contribution is -1.87. The van der Waals surface area contributed by atoms with Crippen molar-refractivity contribution in [3.05, 3.63) is 41.4 Å². The van der Waals surface area contributed by atoms with E-state index >= 15 is 0 Å². The maximum Gasteiger partial charge on any atom is 0.168 e. The number of aromatic nitrogens is 2. The number of fused-ring (bicyclic) bond motifs is 1. The van der Waals surface area contributed by atoms with Crippen molar-refractivity contribution in [2.24, 2.45) is 0 Å². The number of phenolic OH excluding ortho intramolecular Hbond substituents is 1. The van der Waals surface area contributed by atoms with E-state index in [-0.39, 0.29) is 5.75 Å². The van der Waals surface area contributed by atoms with Crippen LogP contribution in [0.25, 0.3) is 22.4 Å². The summed E-state index contributed by atoms with van der Waals surface area (Å²) >= 11 is 6.09. The first kappa shape index (κ1) is 11.9. The molecule has 0 bridgehead atoms. The minimum atomic E-state index is 0.0557. The van der Waals surface area contributed by atoms with Crippen molar-refractivity contribution in [1.82, 2.24) is 9.97 Å². The zero-order valence-electron chi connectivity index (χ0n) is 10.1. The highest BCUT2D eigenvalue weighted by molar-refractivity contribution is 6.35. The highest BCUT2D eigenvalue weighted by Gasteiger charge is 2.13. The number of hydrogen-bond acceptors (Lipinski definition) is 3. The molecule has 19 heavy (non-hydrogen) atoms. The molecule has 0 aliphatic carbocycles. The molecule has 4 nitrogen and oxygen atoms in total. The molecule has 1 aromatic heterocycles. The van der Waals surface area contributed by atoms with Gasteiger partial charge in [-0.1, -0.05) is 23.7 Å². The van der Waals surface area contributed by atoms with E-state index in [1.165, 1.54) is 7.11 Å². The second-order valence-electron chi connectivity index (χ2n) is 4.08. The molecule has 0 atom stereocenters. The van der Waals surface area contributed by atoms with Gasteiger partial charge in [-0.3, -0.25) is 0 Å². The second kappa shape index (κ2) is 4.48. The van der Waals surface area contributed by atoms with Gasteiger partial charge in [0.05, 0.1) is 23.2 Å². The first-order valence-electron chi connectivity index (χ1n) is 5.71. The van der Waals surface area contributed by atoms with Gasteiger partial charge in [-0.2, -0.15) is 0 Å². The summed E-state index contributed by atoms with van der Waals surface area (Å²) in [5.41, 5.74) is 2.08. The molecule has 0 aliphatic rings. The summed E-state index contributed by atoms with van der Waals surface area (Å²) in [5.74, 6) is 1.02. The summed E-state index contributed by atoms with van der Waals surface area (Å²) in [6.07, 6.45) is 0. The van der Waals surface area contributed by atoms with Crippen molar-refractivity contribution in [3.63, 3.8) is 0 Å². The van der Waals surface area contributed by atoms with Crippen molar-refractivity contribution in [2.75, 3.05) is 7.11 Å². The Morgan fingerprint density at radius 3 is 2.74 bits per heavy atom. The van der Waals surface area contributed by atoms with Gasteiger partial charge in [-0.25, -0.2) is 4.98 Å². The molecule has 3 aromatic rings. The standard InChI is InChI=1S/C14H11ClN2O2/c1-19-11-7-2-4-8(13(11)18)14-16-10-6-3-5-9(15)12(10)17-14/h2-7,18H,1H3,(H,16,17). The first-order chi connectivity index (χ1) is 9.20. The number of rotatable bonds is 2. The van der Waals surface area contributed by atoms with E-state index in [4.69, 9.17) is 16.3 Å². The zero-order valence-corrected chi connectivity index (χ0v) is 10.9. The SMILES string of the molecule is COc1cccc(-c2nc3c(Cl)cccc3[nH]2)c1O. The Bertz CT molecular complexity index is 752. The van der Waals surface area contributed by atoms with Crippen LogP contribution in [0.15, 0.2) is 36.4 Å². The third kappa shape index (κ3) is 1.90. The molecule has 0 saturated heterocycles. The predicted molar refractivity (Wildman–Crippen MR) is 74.8 cm³/mol. The molecular weight excluding hydrogens is 264 g/mol. The summed E-state index contributed by atoms with van der Waals surface area (Å²) in [6.45, 7) is 0. The fourth-order valence-corrected chi connectivity index (χ4v) is 2.22. The van der Waals surface area contributed by atoms with Gasteiger partial charge in [-0.05, 0) is 24.3 Å². The second-order valence-corrected chi connectivity index (χ2v) is 4.49. The maximum absolute atomic E-state index is 10.1. The van der Waals surface area contributed by atoms with Crippen LogP contribution in [0.4, 0.5) is 0 Å². The molecule has 2 N–H and O–H groups in total. The van der Waals surface area contributed by atoms with E-state index in [0.717, 1.165) is 5.52 Å². The van der Waals surface area contributed by atoms with E-state index < -0.39 is 0 Å². The van der Waals surface area contributed by atoms with Crippen molar-refractivity contribution in [3.8, 4) is 22.9 Å². The Morgan fingerprint density at radius 1 is 1.21 bits per heavy atom. The number of hydrogen-bond donors (Lipinski definition) is 2. The van der Waals surface area contributed by atoms with Gasteiger partial charge >= 0.3 is 0 Å². The molecule has 1 heterocycles. The molecule has 0 spiro atoms. The number of benzene rings is 2. The monoisotopic (exact) mass is 274 g/mol. The largest absolute Gasteiger partial charge is 0.504 e. The van der Waals surface area contributed by atoms with E-state index in [1.54, 1.807) is 24.3 Å². The minimum Gasteiger partial charge on any atom is -0.504 e. The van der Waals surface area contributed by atoms with Crippen LogP contribution in [0.5, 0.6) is 11.5 Å². The minimum absolute atomic E-state index is 0.0557. The van der Waals surface area contributed by atoms with E-state index in [9.17, 15) is 5.11 Å². The molecule has 2 aromatic carbocycles. The molecule has 0 aliphatic heterocycles. The van der Waals surface area contributed by atoms with Crippen LogP contribution in [0.2, 0.25) is 5.02 Å². The molecule has 5 heteroatoms. The maximum atomic E-state index is 10.1. The van der Waals surface area contributed by atoms with Crippen molar-refractivity contribution in [1.29, 1.82) is 0 Å². The summed E-state index contributed by atoms with van der Waals surface area (Å²) in [4.78, 5) is 7.55. The van der Waals surface area contributed by atoms with Gasteiger partial charge in [0.25, 0.3) is 0 Å². The van der Waals surface area contributed by atoms with E-state index in [2.05, 4.69) is 9.97 Å². The lowest BCUT2D eigenvalue weighted by molar-refractivity contribution is 0.374. The lowest BCUT2D eigenvalue weighted by Gasteiger charge is -2.06. The van der Waals surface area contributed by atoms with Crippen molar-refractivity contribution in [2.45, 2.75) is 0 Å². The number of methoxy groups -OCH3 is 1. The van der Waals surface area contributed by atoms with Gasteiger partial charge in [0.1, 0.15) is 11.3 Å². The van der Waals surface area contributed by atoms with Crippen LogP contribution in [0.1, 0.15) is 0 Å². The average molecular weight is 275 g/mol. The number of H-pyrrole nitrogens is 1. The van der Waals surface area contributed by atoms with E-state index in [0.29, 0.717) is 27.7 Å². The number of phenols is 1. The number of halogens is 1. The third-order valence-corrected chi connectivity index (χ3v) is 3.24. The number of aromatic amines is 1. The fraction of sp³-hybridized carbons (Fsp3) is 0.0714. The topological polar surface area (TPSA) is 58.1 Å².